The highest BCUT2D eigenvalue weighted by molar-refractivity contribution is 7.91. The zero-order valence-electron chi connectivity index (χ0n) is 10.9. The molecule has 2 N–H and O–H groups in total. The first-order valence-corrected chi connectivity index (χ1v) is 8.42. The summed E-state index contributed by atoms with van der Waals surface area (Å²) in [4.78, 5) is 13.8. The minimum absolute atomic E-state index is 0.0594. The largest absolute Gasteiger partial charge is 0.379 e. The predicted molar refractivity (Wildman–Crippen MR) is 70.9 cm³/mol. The van der Waals surface area contributed by atoms with Gasteiger partial charge in [0.25, 0.3) is 0 Å². The van der Waals surface area contributed by atoms with Crippen LogP contribution in [0.2, 0.25) is 0 Å². The van der Waals surface area contributed by atoms with Gasteiger partial charge in [-0.1, -0.05) is 0 Å². The van der Waals surface area contributed by atoms with Crippen LogP contribution in [-0.2, 0) is 14.6 Å². The number of ether oxygens (including phenoxy) is 1. The average molecular weight is 291 g/mol. The molecule has 0 aliphatic carbocycles. The minimum atomic E-state index is -2.94. The Labute approximate surface area is 113 Å². The van der Waals surface area contributed by atoms with Crippen LogP contribution in [0, 0.1) is 0 Å². The number of carbonyl (C=O) groups excluding carboxylic acids is 1. The van der Waals surface area contributed by atoms with Crippen LogP contribution < -0.4 is 10.6 Å². The van der Waals surface area contributed by atoms with Crippen molar-refractivity contribution in [2.24, 2.45) is 0 Å². The summed E-state index contributed by atoms with van der Waals surface area (Å²) in [5.74, 6) is 0.232. The number of rotatable bonds is 4. The Kier molecular flexibility index (Phi) is 5.00. The van der Waals surface area contributed by atoms with Crippen molar-refractivity contribution in [1.82, 2.24) is 15.5 Å². The van der Waals surface area contributed by atoms with Gasteiger partial charge in [0.1, 0.15) is 0 Å². The number of morpholine rings is 1. The first kappa shape index (κ1) is 14.5. The van der Waals surface area contributed by atoms with E-state index in [1.807, 2.05) is 0 Å². The third kappa shape index (κ3) is 4.96. The summed E-state index contributed by atoms with van der Waals surface area (Å²) in [6.45, 7) is 4.62. The van der Waals surface area contributed by atoms with Gasteiger partial charge >= 0.3 is 6.03 Å². The maximum atomic E-state index is 11.6. The van der Waals surface area contributed by atoms with E-state index in [4.69, 9.17) is 4.74 Å². The summed E-state index contributed by atoms with van der Waals surface area (Å²) in [6.07, 6.45) is 0.513. The monoisotopic (exact) mass is 291 g/mol. The molecule has 0 aromatic rings. The summed E-state index contributed by atoms with van der Waals surface area (Å²) >= 11 is 0. The molecule has 2 aliphatic heterocycles. The number of urea groups is 1. The lowest BCUT2D eigenvalue weighted by Crippen LogP contribution is -2.46. The number of carbonyl (C=O) groups is 1. The van der Waals surface area contributed by atoms with E-state index in [9.17, 15) is 13.2 Å². The molecule has 0 saturated carbocycles. The lowest BCUT2D eigenvalue weighted by molar-refractivity contribution is 0.0387. The molecule has 110 valence electrons. The van der Waals surface area contributed by atoms with Crippen LogP contribution in [0.3, 0.4) is 0 Å². The van der Waals surface area contributed by atoms with Crippen LogP contribution >= 0.6 is 0 Å². The minimum Gasteiger partial charge on any atom is -0.379 e. The van der Waals surface area contributed by atoms with Crippen LogP contribution in [0.15, 0.2) is 0 Å². The van der Waals surface area contributed by atoms with Crippen LogP contribution in [0.4, 0.5) is 4.79 Å². The highest BCUT2D eigenvalue weighted by Crippen LogP contribution is 2.10. The van der Waals surface area contributed by atoms with Gasteiger partial charge in [0, 0.05) is 32.2 Å². The van der Waals surface area contributed by atoms with Gasteiger partial charge in [-0.05, 0) is 6.42 Å². The number of nitrogens with one attached hydrogen (secondary N) is 2. The zero-order chi connectivity index (χ0) is 13.7. The lowest BCUT2D eigenvalue weighted by Gasteiger charge is -2.26. The predicted octanol–water partition coefficient (Wildman–Crippen LogP) is -1.20. The highest BCUT2D eigenvalue weighted by atomic mass is 32.2. The fourth-order valence-electron chi connectivity index (χ4n) is 2.30. The van der Waals surface area contributed by atoms with Gasteiger partial charge in [0.15, 0.2) is 9.84 Å². The molecular weight excluding hydrogens is 270 g/mol. The van der Waals surface area contributed by atoms with Crippen molar-refractivity contribution in [1.29, 1.82) is 0 Å². The molecule has 2 aliphatic rings. The molecule has 2 fully saturated rings. The van der Waals surface area contributed by atoms with E-state index in [2.05, 4.69) is 15.5 Å². The van der Waals surface area contributed by atoms with E-state index in [0.29, 0.717) is 13.0 Å². The normalized spacial score (nSPS) is 27.1. The smallest absolute Gasteiger partial charge is 0.315 e. The first-order valence-electron chi connectivity index (χ1n) is 6.60. The molecule has 2 saturated heterocycles. The lowest BCUT2D eigenvalue weighted by atomic mass is 10.3. The summed E-state index contributed by atoms with van der Waals surface area (Å²) in [7, 11) is -2.94. The maximum absolute atomic E-state index is 11.6. The number of amides is 2. The highest BCUT2D eigenvalue weighted by Gasteiger charge is 2.28. The SMILES string of the molecule is O=C(NCCN1CCOCC1)N[C@@H]1CCS(=O)(=O)C1. The molecule has 2 rings (SSSR count). The van der Waals surface area contributed by atoms with Gasteiger partial charge in [0.05, 0.1) is 24.7 Å². The third-order valence-electron chi connectivity index (χ3n) is 3.38. The van der Waals surface area contributed by atoms with Crippen molar-refractivity contribution < 1.29 is 17.9 Å². The van der Waals surface area contributed by atoms with Crippen molar-refractivity contribution in [2.45, 2.75) is 12.5 Å². The third-order valence-corrected chi connectivity index (χ3v) is 5.15. The van der Waals surface area contributed by atoms with Crippen molar-refractivity contribution in [3.05, 3.63) is 0 Å². The molecule has 1 atom stereocenters. The van der Waals surface area contributed by atoms with Gasteiger partial charge in [-0.3, -0.25) is 4.90 Å². The van der Waals surface area contributed by atoms with Crippen LogP contribution in [0.5, 0.6) is 0 Å². The molecular formula is C11H21N3O4S. The quantitative estimate of drug-likeness (QED) is 0.680. The van der Waals surface area contributed by atoms with E-state index < -0.39 is 9.84 Å². The molecule has 0 aromatic carbocycles. The van der Waals surface area contributed by atoms with Crippen molar-refractivity contribution in [3.63, 3.8) is 0 Å². The second-order valence-corrected chi connectivity index (χ2v) is 7.18. The fraction of sp³-hybridized carbons (Fsp3) is 0.909. The molecule has 0 unspecified atom stereocenters. The van der Waals surface area contributed by atoms with E-state index in [-0.39, 0.29) is 23.6 Å². The molecule has 0 aromatic heterocycles. The van der Waals surface area contributed by atoms with Gasteiger partial charge in [-0.15, -0.1) is 0 Å². The maximum Gasteiger partial charge on any atom is 0.315 e. The second kappa shape index (κ2) is 6.53. The van der Waals surface area contributed by atoms with E-state index >= 15 is 0 Å². The molecule has 2 heterocycles. The Morgan fingerprint density at radius 1 is 1.32 bits per heavy atom. The van der Waals surface area contributed by atoms with Crippen molar-refractivity contribution in [3.8, 4) is 0 Å². The summed E-state index contributed by atoms with van der Waals surface area (Å²) in [5, 5.41) is 5.46. The van der Waals surface area contributed by atoms with Gasteiger partial charge < -0.3 is 15.4 Å². The van der Waals surface area contributed by atoms with Crippen molar-refractivity contribution >= 4 is 15.9 Å². The van der Waals surface area contributed by atoms with Crippen LogP contribution in [0.1, 0.15) is 6.42 Å². The molecule has 0 spiro atoms. The Morgan fingerprint density at radius 3 is 2.68 bits per heavy atom. The average Bonchev–Trinajstić information content (AvgIpc) is 2.70. The molecule has 19 heavy (non-hydrogen) atoms. The summed E-state index contributed by atoms with van der Waals surface area (Å²) < 4.78 is 27.7. The Balaban J connectivity index is 1.59. The number of sulfone groups is 1. The summed E-state index contributed by atoms with van der Waals surface area (Å²) in [6, 6.07) is -0.524. The first-order chi connectivity index (χ1) is 9.05. The molecule has 2 amide bonds. The van der Waals surface area contributed by atoms with Crippen LogP contribution in [-0.4, -0.2) is 76.3 Å². The Hall–Kier alpha value is -0.860. The standard InChI is InChI=1S/C11H21N3O4S/c15-11(13-10-1-8-19(16,17)9-10)12-2-3-14-4-6-18-7-5-14/h10H,1-9H2,(H2,12,13,15)/t10-/m1/s1. The molecule has 0 bridgehead atoms. The number of nitrogens with zero attached hydrogens (tertiary/aromatic N) is 1. The van der Waals surface area contributed by atoms with Crippen LogP contribution in [0.25, 0.3) is 0 Å². The fourth-order valence-corrected chi connectivity index (χ4v) is 3.97. The molecule has 8 heteroatoms. The Bertz CT molecular complexity index is 406. The molecule has 7 nitrogen and oxygen atoms in total. The molecule has 0 radical (unpaired) electrons. The van der Waals surface area contributed by atoms with E-state index in [1.165, 1.54) is 0 Å². The summed E-state index contributed by atoms with van der Waals surface area (Å²) in [5.41, 5.74) is 0. The van der Waals surface area contributed by atoms with E-state index in [0.717, 1.165) is 32.8 Å². The number of hydrogen-bond acceptors (Lipinski definition) is 5. The topological polar surface area (TPSA) is 87.7 Å². The second-order valence-electron chi connectivity index (χ2n) is 4.95. The number of hydrogen-bond donors (Lipinski definition) is 2. The van der Waals surface area contributed by atoms with Gasteiger partial charge in [-0.25, -0.2) is 13.2 Å². The Morgan fingerprint density at radius 2 is 2.05 bits per heavy atom. The van der Waals surface area contributed by atoms with Gasteiger partial charge in [-0.2, -0.15) is 0 Å². The van der Waals surface area contributed by atoms with Crippen molar-refractivity contribution in [2.75, 3.05) is 50.9 Å². The zero-order valence-corrected chi connectivity index (χ0v) is 11.7. The van der Waals surface area contributed by atoms with E-state index in [1.54, 1.807) is 0 Å². The van der Waals surface area contributed by atoms with Gasteiger partial charge in [0.2, 0.25) is 0 Å².